The second-order valence-corrected chi connectivity index (χ2v) is 3.94. The summed E-state index contributed by atoms with van der Waals surface area (Å²) in [7, 11) is 0. The van der Waals surface area contributed by atoms with Crippen LogP contribution in [0, 0.1) is 13.8 Å². The number of rotatable bonds is 2. The van der Waals surface area contributed by atoms with Gasteiger partial charge in [-0.1, -0.05) is 18.2 Å². The Morgan fingerprint density at radius 3 is 2.17 bits per heavy atom. The SMILES string of the molecule is Cc1cccc(C)c1N[S@+](C)[O-]. The maximum atomic E-state index is 10.9. The summed E-state index contributed by atoms with van der Waals surface area (Å²) in [6.45, 7) is 4.00. The average molecular weight is 183 g/mol. The molecule has 0 aliphatic rings. The van der Waals surface area contributed by atoms with Crippen molar-refractivity contribution in [2.24, 2.45) is 0 Å². The smallest absolute Gasteiger partial charge is 0.121 e. The van der Waals surface area contributed by atoms with E-state index in [-0.39, 0.29) is 0 Å². The molecule has 2 nitrogen and oxygen atoms in total. The third-order valence-electron chi connectivity index (χ3n) is 1.73. The Morgan fingerprint density at radius 1 is 1.25 bits per heavy atom. The Labute approximate surface area is 76.3 Å². The lowest BCUT2D eigenvalue weighted by Crippen LogP contribution is -2.11. The third-order valence-corrected chi connectivity index (χ3v) is 2.22. The summed E-state index contributed by atoms with van der Waals surface area (Å²) >= 11 is -0.987. The average Bonchev–Trinajstić information content (AvgIpc) is 1.97. The fraction of sp³-hybridized carbons (Fsp3) is 0.333. The number of benzene rings is 1. The van der Waals surface area contributed by atoms with E-state index in [0.717, 1.165) is 16.8 Å². The van der Waals surface area contributed by atoms with Crippen LogP contribution in [-0.4, -0.2) is 10.8 Å². The van der Waals surface area contributed by atoms with E-state index in [0.29, 0.717) is 0 Å². The van der Waals surface area contributed by atoms with Crippen molar-refractivity contribution in [2.75, 3.05) is 11.0 Å². The van der Waals surface area contributed by atoms with Crippen molar-refractivity contribution in [2.45, 2.75) is 13.8 Å². The highest BCUT2D eigenvalue weighted by atomic mass is 32.2. The highest BCUT2D eigenvalue weighted by molar-refractivity contribution is 7.92. The second-order valence-electron chi connectivity index (χ2n) is 2.82. The zero-order chi connectivity index (χ0) is 9.14. The fourth-order valence-electron chi connectivity index (χ4n) is 1.12. The number of anilines is 1. The van der Waals surface area contributed by atoms with Gasteiger partial charge in [0, 0.05) is 0 Å². The molecular formula is C9H13NOS. The van der Waals surface area contributed by atoms with Crippen molar-refractivity contribution < 1.29 is 4.55 Å². The van der Waals surface area contributed by atoms with Crippen LogP contribution >= 0.6 is 0 Å². The van der Waals surface area contributed by atoms with Crippen LogP contribution in [0.4, 0.5) is 5.69 Å². The maximum Gasteiger partial charge on any atom is 0.121 e. The fourth-order valence-corrected chi connectivity index (χ4v) is 1.73. The van der Waals surface area contributed by atoms with Gasteiger partial charge in [-0.25, -0.2) is 4.72 Å². The van der Waals surface area contributed by atoms with E-state index in [2.05, 4.69) is 4.72 Å². The van der Waals surface area contributed by atoms with Crippen LogP contribution in [-0.2, 0) is 11.4 Å². The van der Waals surface area contributed by atoms with E-state index in [9.17, 15) is 4.55 Å². The molecule has 0 spiro atoms. The lowest BCUT2D eigenvalue weighted by molar-refractivity contribution is 0.605. The van der Waals surface area contributed by atoms with Gasteiger partial charge in [0.05, 0.1) is 17.0 Å². The molecular weight excluding hydrogens is 170 g/mol. The molecule has 1 aromatic rings. The molecule has 0 saturated heterocycles. The van der Waals surface area contributed by atoms with Crippen molar-refractivity contribution in [3.63, 3.8) is 0 Å². The first-order valence-corrected chi connectivity index (χ1v) is 5.33. The number of para-hydroxylation sites is 1. The van der Waals surface area contributed by atoms with Crippen LogP contribution in [0.5, 0.6) is 0 Å². The Morgan fingerprint density at radius 2 is 1.75 bits per heavy atom. The highest BCUT2D eigenvalue weighted by Crippen LogP contribution is 2.19. The molecule has 0 heterocycles. The van der Waals surface area contributed by atoms with Crippen LogP contribution < -0.4 is 4.72 Å². The van der Waals surface area contributed by atoms with Crippen LogP contribution in [0.3, 0.4) is 0 Å². The first-order chi connectivity index (χ1) is 5.61. The molecule has 0 saturated carbocycles. The van der Waals surface area contributed by atoms with E-state index in [1.54, 1.807) is 6.26 Å². The molecule has 1 atom stereocenters. The number of hydrogen-bond acceptors (Lipinski definition) is 2. The molecule has 3 heteroatoms. The number of aryl methyl sites for hydroxylation is 2. The molecule has 12 heavy (non-hydrogen) atoms. The highest BCUT2D eigenvalue weighted by Gasteiger charge is 2.04. The number of nitrogens with one attached hydrogen (secondary N) is 1. The summed E-state index contributed by atoms with van der Waals surface area (Å²) < 4.78 is 13.8. The van der Waals surface area contributed by atoms with Crippen molar-refractivity contribution in [1.29, 1.82) is 0 Å². The van der Waals surface area contributed by atoms with Gasteiger partial charge < -0.3 is 4.55 Å². The quantitative estimate of drug-likeness (QED) is 0.712. The molecule has 66 valence electrons. The van der Waals surface area contributed by atoms with Gasteiger partial charge in [0.2, 0.25) is 0 Å². The third kappa shape index (κ3) is 2.16. The molecule has 1 rings (SSSR count). The first-order valence-electron chi connectivity index (χ1n) is 3.77. The maximum absolute atomic E-state index is 10.9. The summed E-state index contributed by atoms with van der Waals surface area (Å²) in [5.74, 6) is 0. The van der Waals surface area contributed by atoms with Crippen molar-refractivity contribution in [3.8, 4) is 0 Å². The molecule has 0 bridgehead atoms. The Balaban J connectivity index is 2.96. The van der Waals surface area contributed by atoms with Gasteiger partial charge in [-0.15, -0.1) is 0 Å². The lowest BCUT2D eigenvalue weighted by atomic mass is 10.1. The Hall–Kier alpha value is -0.670. The van der Waals surface area contributed by atoms with E-state index < -0.39 is 11.4 Å². The predicted molar refractivity (Wildman–Crippen MR) is 53.6 cm³/mol. The van der Waals surface area contributed by atoms with E-state index in [1.807, 2.05) is 32.0 Å². The Bertz CT molecular complexity index is 253. The van der Waals surface area contributed by atoms with Crippen molar-refractivity contribution in [1.82, 2.24) is 0 Å². The van der Waals surface area contributed by atoms with Gasteiger partial charge in [-0.05, 0) is 25.0 Å². The zero-order valence-corrected chi connectivity index (χ0v) is 8.37. The first kappa shape index (κ1) is 9.42. The second kappa shape index (κ2) is 3.83. The van der Waals surface area contributed by atoms with Crippen LogP contribution in [0.15, 0.2) is 18.2 Å². The molecule has 1 aromatic carbocycles. The van der Waals surface area contributed by atoms with E-state index in [4.69, 9.17) is 0 Å². The Kier molecular flexibility index (Phi) is 3.00. The van der Waals surface area contributed by atoms with Gasteiger partial charge in [-0.3, -0.25) is 0 Å². The monoisotopic (exact) mass is 183 g/mol. The molecule has 0 amide bonds. The lowest BCUT2D eigenvalue weighted by Gasteiger charge is -2.11. The molecule has 1 N–H and O–H groups in total. The topological polar surface area (TPSA) is 35.1 Å². The molecule has 0 unspecified atom stereocenters. The summed E-state index contributed by atoms with van der Waals surface area (Å²) in [6.07, 6.45) is 1.63. The largest absolute Gasteiger partial charge is 0.593 e. The summed E-state index contributed by atoms with van der Waals surface area (Å²) in [5, 5.41) is 0. The zero-order valence-electron chi connectivity index (χ0n) is 7.55. The van der Waals surface area contributed by atoms with Gasteiger partial charge in [0.25, 0.3) is 0 Å². The van der Waals surface area contributed by atoms with Crippen molar-refractivity contribution >= 4 is 17.0 Å². The molecule has 0 fully saturated rings. The molecule has 0 aromatic heterocycles. The minimum absolute atomic E-state index is 0.985. The normalized spacial score (nSPS) is 12.7. The summed E-state index contributed by atoms with van der Waals surface area (Å²) in [6, 6.07) is 6.00. The predicted octanol–water partition coefficient (Wildman–Crippen LogP) is 2.01. The molecule has 0 aliphatic heterocycles. The minimum Gasteiger partial charge on any atom is -0.593 e. The van der Waals surface area contributed by atoms with Gasteiger partial charge in [-0.2, -0.15) is 0 Å². The number of hydrogen-bond donors (Lipinski definition) is 1. The molecule has 0 radical (unpaired) electrons. The summed E-state index contributed by atoms with van der Waals surface area (Å²) in [5.41, 5.74) is 3.24. The van der Waals surface area contributed by atoms with Crippen LogP contribution in [0.1, 0.15) is 11.1 Å². The van der Waals surface area contributed by atoms with Crippen molar-refractivity contribution in [3.05, 3.63) is 29.3 Å². The van der Waals surface area contributed by atoms with Crippen LogP contribution in [0.25, 0.3) is 0 Å². The standard InChI is InChI=1S/C9H13NOS/c1-7-5-4-6-8(2)9(7)10-12(3)11/h4-6,10H,1-3H3/t12-/m0/s1. The van der Waals surface area contributed by atoms with E-state index >= 15 is 0 Å². The summed E-state index contributed by atoms with van der Waals surface area (Å²) in [4.78, 5) is 0. The van der Waals surface area contributed by atoms with Gasteiger partial charge >= 0.3 is 0 Å². The van der Waals surface area contributed by atoms with E-state index in [1.165, 1.54) is 0 Å². The minimum atomic E-state index is -0.987. The van der Waals surface area contributed by atoms with Gasteiger partial charge in [0.1, 0.15) is 6.26 Å². The van der Waals surface area contributed by atoms with Gasteiger partial charge in [0.15, 0.2) is 0 Å². The van der Waals surface area contributed by atoms with Crippen LogP contribution in [0.2, 0.25) is 0 Å². The molecule has 0 aliphatic carbocycles.